The van der Waals surface area contributed by atoms with Gasteiger partial charge in [-0.2, -0.15) is 9.30 Å². The van der Waals surface area contributed by atoms with Gasteiger partial charge in [0.1, 0.15) is 0 Å². The molecule has 0 N–H and O–H groups in total. The lowest BCUT2D eigenvalue weighted by molar-refractivity contribution is 0.0730. The van der Waals surface area contributed by atoms with Crippen LogP contribution in [0.5, 0.6) is 0 Å². The third-order valence-electron chi connectivity index (χ3n) is 4.93. The van der Waals surface area contributed by atoms with Crippen LogP contribution >= 0.6 is 11.3 Å². The number of para-hydroxylation sites is 1. The molecule has 0 bridgehead atoms. The molecule has 1 aliphatic rings. The van der Waals surface area contributed by atoms with Crippen molar-refractivity contribution < 1.29 is 17.9 Å². The maximum Gasteiger partial charge on any atom is 0.279 e. The molecule has 0 radical (unpaired) electrons. The molecule has 1 amide bonds. The van der Waals surface area contributed by atoms with E-state index in [9.17, 15) is 13.2 Å². The number of ether oxygens (including phenoxy) is 1. The van der Waals surface area contributed by atoms with E-state index >= 15 is 0 Å². The first-order valence-electron chi connectivity index (χ1n) is 9.20. The number of amides is 1. The second kappa shape index (κ2) is 7.83. The number of hydrogen-bond donors (Lipinski definition) is 0. The van der Waals surface area contributed by atoms with E-state index in [0.717, 1.165) is 10.2 Å². The van der Waals surface area contributed by atoms with Crippen LogP contribution in [-0.2, 0) is 21.8 Å². The summed E-state index contributed by atoms with van der Waals surface area (Å²) in [5.41, 5.74) is 1.84. The Morgan fingerprint density at radius 3 is 2.59 bits per heavy atom. The molecule has 1 aliphatic heterocycles. The summed E-state index contributed by atoms with van der Waals surface area (Å²) in [4.78, 5) is 17.8. The lowest BCUT2D eigenvalue weighted by Gasteiger charge is -2.26. The molecule has 2 heterocycles. The lowest BCUT2D eigenvalue weighted by atomic mass is 10.1. The molecule has 1 aromatic heterocycles. The molecule has 0 saturated carbocycles. The molecular weight excluding hydrogens is 410 g/mol. The predicted molar refractivity (Wildman–Crippen MR) is 111 cm³/mol. The van der Waals surface area contributed by atoms with E-state index in [2.05, 4.69) is 4.99 Å². The van der Waals surface area contributed by atoms with Gasteiger partial charge in [0.2, 0.25) is 10.0 Å². The van der Waals surface area contributed by atoms with Crippen LogP contribution in [0.3, 0.4) is 0 Å². The van der Waals surface area contributed by atoms with Crippen molar-refractivity contribution in [2.45, 2.75) is 11.8 Å². The van der Waals surface area contributed by atoms with E-state index in [0.29, 0.717) is 36.7 Å². The first kappa shape index (κ1) is 20.0. The molecule has 0 atom stereocenters. The summed E-state index contributed by atoms with van der Waals surface area (Å²) >= 11 is 1.42. The van der Waals surface area contributed by atoms with Crippen molar-refractivity contribution in [1.82, 2.24) is 8.87 Å². The van der Waals surface area contributed by atoms with Crippen LogP contribution in [0.4, 0.5) is 0 Å². The predicted octanol–water partition coefficient (Wildman–Crippen LogP) is 2.31. The number of nitrogens with zero attached hydrogens (tertiary/aromatic N) is 3. The van der Waals surface area contributed by atoms with E-state index in [1.807, 2.05) is 35.9 Å². The normalized spacial score (nSPS) is 16.4. The summed E-state index contributed by atoms with van der Waals surface area (Å²) in [6, 6.07) is 12.5. The Labute approximate surface area is 172 Å². The molecule has 0 unspecified atom stereocenters. The zero-order chi connectivity index (χ0) is 20.6. The van der Waals surface area contributed by atoms with Gasteiger partial charge in [0, 0.05) is 25.7 Å². The second-order valence-corrected chi connectivity index (χ2v) is 9.74. The zero-order valence-corrected chi connectivity index (χ0v) is 17.8. The van der Waals surface area contributed by atoms with Crippen LogP contribution in [0.15, 0.2) is 52.4 Å². The summed E-state index contributed by atoms with van der Waals surface area (Å²) in [6.45, 7) is 3.08. The minimum Gasteiger partial charge on any atom is -0.379 e. The first-order chi connectivity index (χ1) is 13.9. The summed E-state index contributed by atoms with van der Waals surface area (Å²) in [5.74, 6) is -0.467. The van der Waals surface area contributed by atoms with E-state index in [1.54, 1.807) is 19.1 Å². The topological polar surface area (TPSA) is 81.0 Å². The highest BCUT2D eigenvalue weighted by molar-refractivity contribution is 7.89. The van der Waals surface area contributed by atoms with Crippen molar-refractivity contribution in [1.29, 1.82) is 0 Å². The average Bonchev–Trinajstić information content (AvgIpc) is 3.04. The van der Waals surface area contributed by atoms with Crippen LogP contribution in [-0.4, -0.2) is 49.5 Å². The van der Waals surface area contributed by atoms with Gasteiger partial charge in [-0.1, -0.05) is 29.5 Å². The summed E-state index contributed by atoms with van der Waals surface area (Å²) < 4.78 is 35.6. The van der Waals surface area contributed by atoms with Crippen molar-refractivity contribution in [2.24, 2.45) is 12.0 Å². The van der Waals surface area contributed by atoms with Gasteiger partial charge in [-0.05, 0) is 36.8 Å². The van der Waals surface area contributed by atoms with Gasteiger partial charge in [0.05, 0.1) is 28.3 Å². The molecule has 152 valence electrons. The monoisotopic (exact) mass is 431 g/mol. The van der Waals surface area contributed by atoms with Gasteiger partial charge in [-0.25, -0.2) is 8.42 Å². The fourth-order valence-electron chi connectivity index (χ4n) is 3.28. The fourth-order valence-corrected chi connectivity index (χ4v) is 5.95. The quantitative estimate of drug-likeness (QED) is 0.637. The number of carbonyl (C=O) groups excluding carboxylic acids is 1. The van der Waals surface area contributed by atoms with Gasteiger partial charge in [0.25, 0.3) is 5.91 Å². The number of morpholine rings is 1. The Balaban J connectivity index is 1.73. The number of benzene rings is 2. The number of rotatable bonds is 3. The highest BCUT2D eigenvalue weighted by Gasteiger charge is 2.28. The summed E-state index contributed by atoms with van der Waals surface area (Å²) in [5, 5.41) is 0. The second-order valence-electron chi connectivity index (χ2n) is 6.83. The molecule has 7 nitrogen and oxygen atoms in total. The van der Waals surface area contributed by atoms with Crippen molar-refractivity contribution in [2.75, 3.05) is 26.3 Å². The van der Waals surface area contributed by atoms with Gasteiger partial charge < -0.3 is 9.30 Å². The highest BCUT2D eigenvalue weighted by atomic mass is 32.2. The minimum absolute atomic E-state index is 0.140. The lowest BCUT2D eigenvalue weighted by Crippen LogP contribution is -2.40. The Kier molecular flexibility index (Phi) is 5.39. The summed E-state index contributed by atoms with van der Waals surface area (Å²) in [7, 11) is -1.84. The van der Waals surface area contributed by atoms with Gasteiger partial charge in [-0.15, -0.1) is 0 Å². The van der Waals surface area contributed by atoms with Gasteiger partial charge in [0.15, 0.2) is 4.80 Å². The minimum atomic E-state index is -3.69. The third kappa shape index (κ3) is 3.78. The molecule has 0 spiro atoms. The molecule has 29 heavy (non-hydrogen) atoms. The Morgan fingerprint density at radius 2 is 1.86 bits per heavy atom. The Bertz CT molecular complexity index is 1250. The molecular formula is C20H21N3O4S2. The number of thiazole rings is 1. The molecule has 1 fully saturated rings. The van der Waals surface area contributed by atoms with E-state index in [1.165, 1.54) is 21.7 Å². The molecule has 2 aromatic carbocycles. The van der Waals surface area contributed by atoms with Crippen LogP contribution in [0.1, 0.15) is 15.9 Å². The number of aryl methyl sites for hydroxylation is 2. The SMILES string of the molecule is Cc1ccc(C(=O)N=c2sc3ccccc3n2C)cc1S(=O)(=O)N1CCOCC1. The molecule has 4 rings (SSSR count). The van der Waals surface area contributed by atoms with Crippen molar-refractivity contribution in [3.63, 3.8) is 0 Å². The van der Waals surface area contributed by atoms with Crippen LogP contribution in [0.2, 0.25) is 0 Å². The first-order valence-corrected chi connectivity index (χ1v) is 11.5. The molecule has 3 aromatic rings. The van der Waals surface area contributed by atoms with E-state index in [-0.39, 0.29) is 10.5 Å². The maximum atomic E-state index is 13.0. The number of sulfonamides is 1. The maximum absolute atomic E-state index is 13.0. The van der Waals surface area contributed by atoms with Crippen LogP contribution < -0.4 is 4.80 Å². The van der Waals surface area contributed by atoms with Crippen LogP contribution in [0, 0.1) is 6.92 Å². The highest BCUT2D eigenvalue weighted by Crippen LogP contribution is 2.23. The molecule has 1 saturated heterocycles. The third-order valence-corrected chi connectivity index (χ3v) is 8.09. The fraction of sp³-hybridized carbons (Fsp3) is 0.300. The Morgan fingerprint density at radius 1 is 1.14 bits per heavy atom. The van der Waals surface area contributed by atoms with Crippen molar-refractivity contribution in [3.05, 3.63) is 58.4 Å². The Hall–Kier alpha value is -2.33. The van der Waals surface area contributed by atoms with Crippen LogP contribution in [0.25, 0.3) is 10.2 Å². The number of fused-ring (bicyclic) bond motifs is 1. The number of aromatic nitrogens is 1. The van der Waals surface area contributed by atoms with Crippen molar-refractivity contribution in [3.8, 4) is 0 Å². The summed E-state index contributed by atoms with van der Waals surface area (Å²) in [6.07, 6.45) is 0. The van der Waals surface area contributed by atoms with Crippen molar-refractivity contribution >= 4 is 37.5 Å². The molecule has 0 aliphatic carbocycles. The van der Waals surface area contributed by atoms with Gasteiger partial charge >= 0.3 is 0 Å². The molecule has 9 heteroatoms. The zero-order valence-electron chi connectivity index (χ0n) is 16.2. The van der Waals surface area contributed by atoms with Gasteiger partial charge in [-0.3, -0.25) is 4.79 Å². The largest absolute Gasteiger partial charge is 0.379 e. The standard InChI is InChI=1S/C20H21N3O4S2/c1-14-7-8-15(13-18(14)29(25,26)23-9-11-27-12-10-23)19(24)21-20-22(2)16-5-3-4-6-17(16)28-20/h3-8,13H,9-12H2,1-2H3. The average molecular weight is 432 g/mol. The number of hydrogen-bond acceptors (Lipinski definition) is 5. The van der Waals surface area contributed by atoms with E-state index in [4.69, 9.17) is 4.74 Å². The smallest absolute Gasteiger partial charge is 0.279 e. The number of carbonyl (C=O) groups is 1. The van der Waals surface area contributed by atoms with E-state index < -0.39 is 15.9 Å².